The molecule has 0 saturated heterocycles. The van der Waals surface area contributed by atoms with Crippen molar-refractivity contribution in [3.63, 3.8) is 0 Å². The van der Waals surface area contributed by atoms with Crippen molar-refractivity contribution < 1.29 is 0 Å². The highest BCUT2D eigenvalue weighted by Gasteiger charge is 1.98. The van der Waals surface area contributed by atoms with Gasteiger partial charge in [0.05, 0.1) is 0 Å². The molecule has 0 spiro atoms. The van der Waals surface area contributed by atoms with Crippen LogP contribution >= 0.6 is 15.9 Å². The lowest BCUT2D eigenvalue weighted by atomic mass is 10.0. The topological polar surface area (TPSA) is 0 Å². The Morgan fingerprint density at radius 1 is 1.50 bits per heavy atom. The summed E-state index contributed by atoms with van der Waals surface area (Å²) in [6.07, 6.45) is 0.985. The Kier molecular flexibility index (Phi) is 3.10. The van der Waals surface area contributed by atoms with Crippen LogP contribution in [0, 0.1) is 6.92 Å². The fourth-order valence-corrected chi connectivity index (χ4v) is 1.66. The molecule has 0 N–H and O–H groups in total. The molecular formula is C11H13Br. The molecule has 0 amide bonds. The average molecular weight is 225 g/mol. The van der Waals surface area contributed by atoms with Gasteiger partial charge in [-0.05, 0) is 43.5 Å². The Labute approximate surface area is 82.4 Å². The molecule has 1 heteroatoms. The standard InChI is InChI=1S/C11H13Br/c1-8(2)6-10-4-5-11(12)7-9(10)3/h4-5,7H,1,6H2,2-3H3. The summed E-state index contributed by atoms with van der Waals surface area (Å²) in [5.74, 6) is 0. The molecule has 0 unspecified atom stereocenters. The molecule has 0 heterocycles. The first kappa shape index (κ1) is 9.53. The van der Waals surface area contributed by atoms with Gasteiger partial charge in [0.1, 0.15) is 0 Å². The van der Waals surface area contributed by atoms with Crippen LogP contribution in [-0.4, -0.2) is 0 Å². The molecule has 1 aromatic rings. The van der Waals surface area contributed by atoms with Crippen molar-refractivity contribution >= 4 is 15.9 Å². The SMILES string of the molecule is C=C(C)Cc1ccc(Br)cc1C. The van der Waals surface area contributed by atoms with Crippen LogP contribution in [0.3, 0.4) is 0 Å². The first-order chi connectivity index (χ1) is 5.59. The van der Waals surface area contributed by atoms with Gasteiger partial charge in [-0.25, -0.2) is 0 Å². The average Bonchev–Trinajstić information content (AvgIpc) is 1.94. The minimum absolute atomic E-state index is 0.985. The van der Waals surface area contributed by atoms with Gasteiger partial charge in [0.25, 0.3) is 0 Å². The molecule has 0 aliphatic carbocycles. The van der Waals surface area contributed by atoms with E-state index in [-0.39, 0.29) is 0 Å². The van der Waals surface area contributed by atoms with E-state index in [2.05, 4.69) is 54.6 Å². The Hall–Kier alpha value is -0.560. The van der Waals surface area contributed by atoms with E-state index in [1.54, 1.807) is 0 Å². The lowest BCUT2D eigenvalue weighted by Crippen LogP contribution is -1.89. The minimum Gasteiger partial charge on any atom is -0.0998 e. The van der Waals surface area contributed by atoms with E-state index in [0.717, 1.165) is 10.9 Å². The Balaban J connectivity index is 2.93. The van der Waals surface area contributed by atoms with E-state index < -0.39 is 0 Å². The Morgan fingerprint density at radius 3 is 2.67 bits per heavy atom. The maximum Gasteiger partial charge on any atom is 0.0178 e. The predicted octanol–water partition coefficient (Wildman–Crippen LogP) is 3.88. The summed E-state index contributed by atoms with van der Waals surface area (Å²) in [7, 11) is 0. The van der Waals surface area contributed by atoms with Crippen molar-refractivity contribution in [2.75, 3.05) is 0 Å². The molecule has 0 aliphatic rings. The summed E-state index contributed by atoms with van der Waals surface area (Å²) in [4.78, 5) is 0. The van der Waals surface area contributed by atoms with Gasteiger partial charge in [-0.15, -0.1) is 0 Å². The summed E-state index contributed by atoms with van der Waals surface area (Å²) in [6.45, 7) is 8.09. The monoisotopic (exact) mass is 224 g/mol. The number of benzene rings is 1. The van der Waals surface area contributed by atoms with E-state index in [1.165, 1.54) is 16.7 Å². The zero-order valence-corrected chi connectivity index (χ0v) is 9.11. The van der Waals surface area contributed by atoms with Gasteiger partial charge < -0.3 is 0 Å². The highest BCUT2D eigenvalue weighted by atomic mass is 79.9. The van der Waals surface area contributed by atoms with Crippen molar-refractivity contribution in [2.45, 2.75) is 20.3 Å². The van der Waals surface area contributed by atoms with Crippen molar-refractivity contribution in [3.8, 4) is 0 Å². The maximum atomic E-state index is 3.90. The van der Waals surface area contributed by atoms with E-state index in [4.69, 9.17) is 0 Å². The third-order valence-corrected chi connectivity index (χ3v) is 2.29. The summed E-state index contributed by atoms with van der Waals surface area (Å²) >= 11 is 3.44. The molecule has 0 radical (unpaired) electrons. The lowest BCUT2D eigenvalue weighted by molar-refractivity contribution is 1.12. The first-order valence-corrected chi connectivity index (χ1v) is 4.78. The number of allylic oxidation sites excluding steroid dienone is 1. The fraction of sp³-hybridized carbons (Fsp3) is 0.273. The van der Waals surface area contributed by atoms with Crippen LogP contribution in [0.1, 0.15) is 18.1 Å². The van der Waals surface area contributed by atoms with Crippen molar-refractivity contribution in [2.24, 2.45) is 0 Å². The molecule has 0 atom stereocenters. The van der Waals surface area contributed by atoms with Gasteiger partial charge in [-0.3, -0.25) is 0 Å². The number of aryl methyl sites for hydroxylation is 1. The Morgan fingerprint density at radius 2 is 2.17 bits per heavy atom. The molecule has 0 fully saturated rings. The van der Waals surface area contributed by atoms with E-state index >= 15 is 0 Å². The van der Waals surface area contributed by atoms with Crippen molar-refractivity contribution in [1.82, 2.24) is 0 Å². The summed E-state index contributed by atoms with van der Waals surface area (Å²) in [5.41, 5.74) is 3.90. The molecular weight excluding hydrogens is 212 g/mol. The first-order valence-electron chi connectivity index (χ1n) is 3.99. The summed E-state index contributed by atoms with van der Waals surface area (Å²) in [5, 5.41) is 0. The molecule has 0 bridgehead atoms. The second-order valence-electron chi connectivity index (χ2n) is 3.20. The summed E-state index contributed by atoms with van der Waals surface area (Å²) in [6, 6.07) is 6.36. The van der Waals surface area contributed by atoms with Gasteiger partial charge >= 0.3 is 0 Å². The van der Waals surface area contributed by atoms with E-state index in [9.17, 15) is 0 Å². The van der Waals surface area contributed by atoms with Crippen LogP contribution in [0.4, 0.5) is 0 Å². The molecule has 1 rings (SSSR count). The number of hydrogen-bond donors (Lipinski definition) is 0. The van der Waals surface area contributed by atoms with E-state index in [1.807, 2.05) is 0 Å². The normalized spacial score (nSPS) is 9.92. The molecule has 0 aromatic heterocycles. The quantitative estimate of drug-likeness (QED) is 0.670. The van der Waals surface area contributed by atoms with Crippen LogP contribution in [0.15, 0.2) is 34.8 Å². The molecule has 0 aliphatic heterocycles. The molecule has 0 nitrogen and oxygen atoms in total. The van der Waals surface area contributed by atoms with Crippen LogP contribution in [0.5, 0.6) is 0 Å². The van der Waals surface area contributed by atoms with Crippen LogP contribution < -0.4 is 0 Å². The van der Waals surface area contributed by atoms with Gasteiger partial charge in [0, 0.05) is 4.47 Å². The van der Waals surface area contributed by atoms with Crippen molar-refractivity contribution in [1.29, 1.82) is 0 Å². The summed E-state index contributed by atoms with van der Waals surface area (Å²) < 4.78 is 1.14. The highest BCUT2D eigenvalue weighted by Crippen LogP contribution is 2.17. The molecule has 0 saturated carbocycles. The minimum atomic E-state index is 0.985. The molecule has 12 heavy (non-hydrogen) atoms. The van der Waals surface area contributed by atoms with Gasteiger partial charge in [-0.1, -0.05) is 34.1 Å². The number of halogens is 1. The zero-order chi connectivity index (χ0) is 9.14. The Bertz CT molecular complexity index is 300. The lowest BCUT2D eigenvalue weighted by Gasteiger charge is -2.05. The van der Waals surface area contributed by atoms with E-state index in [0.29, 0.717) is 0 Å². The number of rotatable bonds is 2. The second kappa shape index (κ2) is 3.90. The van der Waals surface area contributed by atoms with Gasteiger partial charge in [-0.2, -0.15) is 0 Å². The van der Waals surface area contributed by atoms with Gasteiger partial charge in [0.2, 0.25) is 0 Å². The maximum absolute atomic E-state index is 3.90. The fourth-order valence-electron chi connectivity index (χ4n) is 1.18. The van der Waals surface area contributed by atoms with Crippen LogP contribution in [0.2, 0.25) is 0 Å². The predicted molar refractivity (Wildman–Crippen MR) is 57.4 cm³/mol. The third-order valence-electron chi connectivity index (χ3n) is 1.80. The van der Waals surface area contributed by atoms with Crippen LogP contribution in [-0.2, 0) is 6.42 Å². The second-order valence-corrected chi connectivity index (χ2v) is 4.12. The molecule has 64 valence electrons. The van der Waals surface area contributed by atoms with Crippen molar-refractivity contribution in [3.05, 3.63) is 46.0 Å². The largest absolute Gasteiger partial charge is 0.0998 e. The highest BCUT2D eigenvalue weighted by molar-refractivity contribution is 9.10. The van der Waals surface area contributed by atoms with Gasteiger partial charge in [0.15, 0.2) is 0 Å². The number of hydrogen-bond acceptors (Lipinski definition) is 0. The van der Waals surface area contributed by atoms with Crippen LogP contribution in [0.25, 0.3) is 0 Å². The smallest absolute Gasteiger partial charge is 0.0178 e. The zero-order valence-electron chi connectivity index (χ0n) is 7.52. The molecule has 1 aromatic carbocycles. The third kappa shape index (κ3) is 2.49.